The van der Waals surface area contributed by atoms with E-state index in [0.717, 1.165) is 0 Å². The molecule has 4 nitrogen and oxygen atoms in total. The fourth-order valence-corrected chi connectivity index (χ4v) is 1.53. The molecule has 20 heavy (non-hydrogen) atoms. The van der Waals surface area contributed by atoms with E-state index in [1.54, 1.807) is 36.5 Å². The summed E-state index contributed by atoms with van der Waals surface area (Å²) in [6.07, 6.45) is 1.54. The van der Waals surface area contributed by atoms with Crippen molar-refractivity contribution in [1.29, 1.82) is 0 Å². The quantitative estimate of drug-likeness (QED) is 0.895. The number of pyridine rings is 1. The highest BCUT2D eigenvalue weighted by atomic mass is 19.1. The van der Waals surface area contributed by atoms with Crippen LogP contribution in [-0.4, -0.2) is 10.9 Å². The molecular weight excluding hydrogens is 257 g/mol. The van der Waals surface area contributed by atoms with Crippen molar-refractivity contribution in [3.05, 3.63) is 48.4 Å². The number of carbonyl (C=O) groups excluding carboxylic acids is 1. The predicted octanol–water partition coefficient (Wildman–Crippen LogP) is 3.56. The van der Waals surface area contributed by atoms with E-state index in [-0.39, 0.29) is 17.6 Å². The van der Waals surface area contributed by atoms with Crippen molar-refractivity contribution >= 4 is 23.1 Å². The van der Waals surface area contributed by atoms with Crippen molar-refractivity contribution < 1.29 is 9.18 Å². The molecule has 0 atom stereocenters. The summed E-state index contributed by atoms with van der Waals surface area (Å²) in [6.45, 7) is 3.62. The standard InChI is InChI=1S/C15H16FN3O/c1-10(2)15(20)19-14-8-7-11(9-17-14)18-13-6-4-3-5-12(13)16/h3-10,18H,1-2H3,(H,17,19,20). The summed E-state index contributed by atoms with van der Waals surface area (Å²) in [5.74, 6) is -0.0483. The fraction of sp³-hybridized carbons (Fsp3) is 0.200. The van der Waals surface area contributed by atoms with Gasteiger partial charge in [-0.3, -0.25) is 4.79 Å². The van der Waals surface area contributed by atoms with E-state index in [1.807, 2.05) is 13.8 Å². The van der Waals surface area contributed by atoms with Crippen LogP contribution in [-0.2, 0) is 4.79 Å². The molecule has 0 aliphatic carbocycles. The number of carbonyl (C=O) groups is 1. The van der Waals surface area contributed by atoms with Gasteiger partial charge in [-0.2, -0.15) is 0 Å². The molecule has 0 aliphatic rings. The van der Waals surface area contributed by atoms with E-state index in [2.05, 4.69) is 15.6 Å². The van der Waals surface area contributed by atoms with Crippen LogP contribution in [0.5, 0.6) is 0 Å². The number of amides is 1. The third-order valence-corrected chi connectivity index (χ3v) is 2.69. The van der Waals surface area contributed by atoms with E-state index in [1.165, 1.54) is 6.07 Å². The maximum Gasteiger partial charge on any atom is 0.228 e. The molecule has 1 amide bonds. The van der Waals surface area contributed by atoms with Crippen molar-refractivity contribution in [3.63, 3.8) is 0 Å². The van der Waals surface area contributed by atoms with Gasteiger partial charge in [-0.1, -0.05) is 26.0 Å². The van der Waals surface area contributed by atoms with E-state index >= 15 is 0 Å². The minimum atomic E-state index is -0.329. The summed E-state index contributed by atoms with van der Waals surface area (Å²) in [5.41, 5.74) is 1.03. The molecule has 0 saturated carbocycles. The van der Waals surface area contributed by atoms with E-state index in [0.29, 0.717) is 17.2 Å². The van der Waals surface area contributed by atoms with Crippen LogP contribution in [0.4, 0.5) is 21.6 Å². The lowest BCUT2D eigenvalue weighted by molar-refractivity contribution is -0.118. The van der Waals surface area contributed by atoms with Gasteiger partial charge in [-0.05, 0) is 24.3 Å². The Morgan fingerprint density at radius 2 is 1.95 bits per heavy atom. The van der Waals surface area contributed by atoms with E-state index in [9.17, 15) is 9.18 Å². The lowest BCUT2D eigenvalue weighted by atomic mass is 10.2. The van der Waals surface area contributed by atoms with Gasteiger partial charge in [0.2, 0.25) is 5.91 Å². The van der Waals surface area contributed by atoms with Gasteiger partial charge in [-0.25, -0.2) is 9.37 Å². The zero-order chi connectivity index (χ0) is 14.5. The molecule has 0 fully saturated rings. The van der Waals surface area contributed by atoms with Crippen LogP contribution in [0.25, 0.3) is 0 Å². The van der Waals surface area contributed by atoms with Crippen LogP contribution in [0.15, 0.2) is 42.6 Å². The molecule has 0 aliphatic heterocycles. The SMILES string of the molecule is CC(C)C(=O)Nc1ccc(Nc2ccccc2F)cn1. The van der Waals surface area contributed by atoms with Crippen molar-refractivity contribution in [2.45, 2.75) is 13.8 Å². The number of hydrogen-bond donors (Lipinski definition) is 2. The molecule has 0 unspecified atom stereocenters. The van der Waals surface area contributed by atoms with Crippen molar-refractivity contribution in [2.75, 3.05) is 10.6 Å². The number of anilines is 3. The first-order valence-corrected chi connectivity index (χ1v) is 6.34. The van der Waals surface area contributed by atoms with Crippen LogP contribution >= 0.6 is 0 Å². The molecule has 2 aromatic rings. The average Bonchev–Trinajstić information content (AvgIpc) is 2.43. The number of aromatic nitrogens is 1. The maximum absolute atomic E-state index is 13.5. The Bertz CT molecular complexity index is 596. The van der Waals surface area contributed by atoms with E-state index in [4.69, 9.17) is 0 Å². The topological polar surface area (TPSA) is 54.0 Å². The molecule has 0 bridgehead atoms. The van der Waals surface area contributed by atoms with Gasteiger partial charge in [0.05, 0.1) is 17.6 Å². The monoisotopic (exact) mass is 273 g/mol. The molecule has 2 rings (SSSR count). The Morgan fingerprint density at radius 1 is 1.20 bits per heavy atom. The second kappa shape index (κ2) is 6.14. The molecule has 0 spiro atoms. The lowest BCUT2D eigenvalue weighted by Crippen LogP contribution is -2.18. The highest BCUT2D eigenvalue weighted by Gasteiger charge is 2.07. The zero-order valence-electron chi connectivity index (χ0n) is 11.4. The molecule has 104 valence electrons. The van der Waals surface area contributed by atoms with Gasteiger partial charge in [0, 0.05) is 5.92 Å². The largest absolute Gasteiger partial charge is 0.352 e. The molecular formula is C15H16FN3O. The van der Waals surface area contributed by atoms with Crippen LogP contribution in [0, 0.1) is 11.7 Å². The number of nitrogens with one attached hydrogen (secondary N) is 2. The van der Waals surface area contributed by atoms with Crippen LogP contribution in [0.2, 0.25) is 0 Å². The third kappa shape index (κ3) is 3.54. The Labute approximate surface area is 117 Å². The second-order valence-corrected chi connectivity index (χ2v) is 4.68. The predicted molar refractivity (Wildman–Crippen MR) is 77.4 cm³/mol. The average molecular weight is 273 g/mol. The lowest BCUT2D eigenvalue weighted by Gasteiger charge is -2.09. The number of nitrogens with zero attached hydrogens (tertiary/aromatic N) is 1. The number of hydrogen-bond acceptors (Lipinski definition) is 3. The van der Waals surface area contributed by atoms with Gasteiger partial charge < -0.3 is 10.6 Å². The molecule has 1 heterocycles. The normalized spacial score (nSPS) is 10.4. The summed E-state index contributed by atoms with van der Waals surface area (Å²) in [4.78, 5) is 15.6. The molecule has 0 radical (unpaired) electrons. The zero-order valence-corrected chi connectivity index (χ0v) is 11.4. The maximum atomic E-state index is 13.5. The van der Waals surface area contributed by atoms with Gasteiger partial charge in [-0.15, -0.1) is 0 Å². The van der Waals surface area contributed by atoms with Gasteiger partial charge in [0.25, 0.3) is 0 Å². The fourth-order valence-electron chi connectivity index (χ4n) is 1.53. The molecule has 0 saturated heterocycles. The number of halogens is 1. The summed E-state index contributed by atoms with van der Waals surface area (Å²) in [6, 6.07) is 9.80. The first kappa shape index (κ1) is 14.0. The van der Waals surface area contributed by atoms with Crippen molar-refractivity contribution in [2.24, 2.45) is 5.92 Å². The summed E-state index contributed by atoms with van der Waals surface area (Å²) < 4.78 is 13.5. The Balaban J connectivity index is 2.05. The highest BCUT2D eigenvalue weighted by Crippen LogP contribution is 2.19. The summed E-state index contributed by atoms with van der Waals surface area (Å²) in [7, 11) is 0. The Kier molecular flexibility index (Phi) is 4.30. The summed E-state index contributed by atoms with van der Waals surface area (Å²) >= 11 is 0. The molecule has 2 N–H and O–H groups in total. The molecule has 1 aromatic heterocycles. The molecule has 1 aromatic carbocycles. The Morgan fingerprint density at radius 3 is 2.55 bits per heavy atom. The number of benzene rings is 1. The van der Waals surface area contributed by atoms with Crippen molar-refractivity contribution in [1.82, 2.24) is 4.98 Å². The van der Waals surface area contributed by atoms with Gasteiger partial charge in [0.1, 0.15) is 11.6 Å². The third-order valence-electron chi connectivity index (χ3n) is 2.69. The first-order chi connectivity index (χ1) is 9.56. The second-order valence-electron chi connectivity index (χ2n) is 4.68. The number of para-hydroxylation sites is 1. The first-order valence-electron chi connectivity index (χ1n) is 6.34. The molecule has 5 heteroatoms. The van der Waals surface area contributed by atoms with Crippen molar-refractivity contribution in [3.8, 4) is 0 Å². The van der Waals surface area contributed by atoms with Gasteiger partial charge in [0.15, 0.2) is 0 Å². The highest BCUT2D eigenvalue weighted by molar-refractivity contribution is 5.91. The van der Waals surface area contributed by atoms with Crippen LogP contribution in [0.1, 0.15) is 13.8 Å². The van der Waals surface area contributed by atoms with Gasteiger partial charge >= 0.3 is 0 Å². The van der Waals surface area contributed by atoms with Crippen LogP contribution < -0.4 is 10.6 Å². The van der Waals surface area contributed by atoms with E-state index < -0.39 is 0 Å². The smallest absolute Gasteiger partial charge is 0.228 e. The minimum Gasteiger partial charge on any atom is -0.352 e. The minimum absolute atomic E-state index is 0.0905. The number of rotatable bonds is 4. The Hall–Kier alpha value is -2.43. The van der Waals surface area contributed by atoms with Crippen LogP contribution in [0.3, 0.4) is 0 Å². The summed E-state index contributed by atoms with van der Waals surface area (Å²) in [5, 5.41) is 5.62.